The average Bonchev–Trinajstić information content (AvgIpc) is 2.76. The smallest absolute Gasteiger partial charge is 0.331 e. The van der Waals surface area contributed by atoms with Gasteiger partial charge in [0.1, 0.15) is 13.2 Å². The van der Waals surface area contributed by atoms with Crippen molar-refractivity contribution in [1.29, 1.82) is 0 Å². The van der Waals surface area contributed by atoms with E-state index in [9.17, 15) is 14.4 Å². The Labute approximate surface area is 174 Å². The van der Waals surface area contributed by atoms with E-state index in [0.29, 0.717) is 42.4 Å². The van der Waals surface area contributed by atoms with Crippen LogP contribution in [0.2, 0.25) is 0 Å². The number of ketones is 1. The molecule has 7 heteroatoms. The van der Waals surface area contributed by atoms with E-state index in [0.717, 1.165) is 12.0 Å². The fraction of sp³-hybridized carbons (Fsp3) is 0.261. The Hall–Kier alpha value is -3.61. The molecule has 1 N–H and O–H groups in total. The molecule has 1 aliphatic rings. The van der Waals surface area contributed by atoms with E-state index in [1.165, 1.54) is 6.08 Å². The number of carbonyl (C=O) groups excluding carboxylic acids is 3. The Balaban J connectivity index is 1.49. The highest BCUT2D eigenvalue weighted by Gasteiger charge is 2.12. The van der Waals surface area contributed by atoms with Gasteiger partial charge in [0.15, 0.2) is 23.9 Å². The van der Waals surface area contributed by atoms with Crippen LogP contribution in [-0.2, 0) is 14.3 Å². The molecule has 2 aromatic rings. The number of carbonyl (C=O) groups is 3. The van der Waals surface area contributed by atoms with Crippen LogP contribution in [-0.4, -0.2) is 37.5 Å². The van der Waals surface area contributed by atoms with E-state index < -0.39 is 5.97 Å². The van der Waals surface area contributed by atoms with Crippen molar-refractivity contribution in [2.45, 2.75) is 19.8 Å². The topological polar surface area (TPSA) is 90.9 Å². The molecule has 2 aromatic carbocycles. The number of fused-ring (bicyclic) bond motifs is 1. The third-order valence-electron chi connectivity index (χ3n) is 4.29. The zero-order chi connectivity index (χ0) is 21.3. The van der Waals surface area contributed by atoms with E-state index in [1.54, 1.807) is 48.5 Å². The Morgan fingerprint density at radius 1 is 1.03 bits per heavy atom. The number of esters is 1. The third kappa shape index (κ3) is 5.94. The third-order valence-corrected chi connectivity index (χ3v) is 4.29. The second-order valence-electron chi connectivity index (χ2n) is 6.64. The summed E-state index contributed by atoms with van der Waals surface area (Å²) < 4.78 is 16.0. The maximum absolute atomic E-state index is 12.2. The molecule has 30 heavy (non-hydrogen) atoms. The minimum absolute atomic E-state index is 0.0738. The molecular formula is C23H23NO6. The van der Waals surface area contributed by atoms with E-state index in [-0.39, 0.29) is 18.3 Å². The SMILES string of the molecule is CCCC(=O)Nc1ccc(C(=O)COC(=O)/C=C/c2ccc3c(c2)OCCO3)cc1. The molecule has 156 valence electrons. The first kappa shape index (κ1) is 21.1. The van der Waals surface area contributed by atoms with Crippen molar-refractivity contribution in [3.05, 3.63) is 59.7 Å². The fourth-order valence-corrected chi connectivity index (χ4v) is 2.79. The molecule has 0 aromatic heterocycles. The Bertz CT molecular complexity index is 949. The van der Waals surface area contributed by atoms with Crippen molar-refractivity contribution in [2.75, 3.05) is 25.1 Å². The van der Waals surface area contributed by atoms with Gasteiger partial charge in [-0.05, 0) is 54.5 Å². The number of hydrogen-bond acceptors (Lipinski definition) is 6. The summed E-state index contributed by atoms with van der Waals surface area (Å²) in [5.41, 5.74) is 1.76. The van der Waals surface area contributed by atoms with Crippen LogP contribution in [0, 0.1) is 0 Å². The molecule has 0 saturated heterocycles. The number of hydrogen-bond donors (Lipinski definition) is 1. The largest absolute Gasteiger partial charge is 0.486 e. The summed E-state index contributed by atoms with van der Waals surface area (Å²) >= 11 is 0. The second-order valence-corrected chi connectivity index (χ2v) is 6.64. The van der Waals surface area contributed by atoms with Crippen LogP contribution >= 0.6 is 0 Å². The molecule has 7 nitrogen and oxygen atoms in total. The number of anilines is 1. The lowest BCUT2D eigenvalue weighted by molar-refractivity contribution is -0.136. The Morgan fingerprint density at radius 2 is 1.77 bits per heavy atom. The van der Waals surface area contributed by atoms with Crippen LogP contribution in [0.5, 0.6) is 11.5 Å². The minimum atomic E-state index is -0.623. The van der Waals surface area contributed by atoms with Gasteiger partial charge in [-0.25, -0.2) is 4.79 Å². The molecule has 1 heterocycles. The molecule has 1 amide bonds. The van der Waals surface area contributed by atoms with E-state index in [4.69, 9.17) is 14.2 Å². The summed E-state index contributed by atoms with van der Waals surface area (Å²) in [5, 5.41) is 2.75. The molecular weight excluding hydrogens is 386 g/mol. The van der Waals surface area contributed by atoms with Crippen LogP contribution in [0.3, 0.4) is 0 Å². The van der Waals surface area contributed by atoms with Crippen LogP contribution in [0.1, 0.15) is 35.7 Å². The molecule has 0 atom stereocenters. The van der Waals surface area contributed by atoms with Crippen molar-refractivity contribution in [2.24, 2.45) is 0 Å². The number of nitrogens with one attached hydrogen (secondary N) is 1. The number of rotatable bonds is 8. The van der Waals surface area contributed by atoms with E-state index >= 15 is 0 Å². The van der Waals surface area contributed by atoms with Crippen molar-refractivity contribution >= 4 is 29.4 Å². The first-order valence-corrected chi connectivity index (χ1v) is 9.73. The molecule has 0 bridgehead atoms. The molecule has 0 unspecified atom stereocenters. The van der Waals surface area contributed by atoms with Crippen LogP contribution in [0.4, 0.5) is 5.69 Å². The number of ether oxygens (including phenoxy) is 3. The lowest BCUT2D eigenvalue weighted by Crippen LogP contribution is -2.15. The minimum Gasteiger partial charge on any atom is -0.486 e. The molecule has 0 radical (unpaired) electrons. The zero-order valence-corrected chi connectivity index (χ0v) is 16.7. The summed E-state index contributed by atoms with van der Waals surface area (Å²) in [4.78, 5) is 35.7. The van der Waals surface area contributed by atoms with Gasteiger partial charge in [0.25, 0.3) is 0 Å². The summed E-state index contributed by atoms with van der Waals surface area (Å²) in [6.45, 7) is 2.55. The molecule has 0 aliphatic carbocycles. The standard InChI is InChI=1S/C23H23NO6/c1-2-3-22(26)24-18-8-6-17(7-9-18)19(25)15-30-23(27)11-5-16-4-10-20-21(14-16)29-13-12-28-20/h4-11,14H,2-3,12-13,15H2,1H3,(H,24,26)/b11-5+. The maximum atomic E-state index is 12.2. The van der Waals surface area contributed by atoms with Crippen LogP contribution in [0.25, 0.3) is 6.08 Å². The number of benzene rings is 2. The average molecular weight is 409 g/mol. The van der Waals surface area contributed by atoms with Crippen molar-refractivity contribution < 1.29 is 28.6 Å². The van der Waals surface area contributed by atoms with Gasteiger partial charge in [-0.3, -0.25) is 9.59 Å². The molecule has 0 saturated carbocycles. The molecule has 0 spiro atoms. The van der Waals surface area contributed by atoms with Crippen LogP contribution in [0.15, 0.2) is 48.5 Å². The van der Waals surface area contributed by atoms with Crippen molar-refractivity contribution in [3.8, 4) is 11.5 Å². The molecule has 3 rings (SSSR count). The Kier molecular flexibility index (Phi) is 7.21. The number of Topliss-reactive ketones (excluding diaryl/α,β-unsaturated/α-hetero) is 1. The fourth-order valence-electron chi connectivity index (χ4n) is 2.79. The second kappa shape index (κ2) is 10.2. The highest BCUT2D eigenvalue weighted by molar-refractivity contribution is 5.99. The van der Waals surface area contributed by atoms with E-state index in [2.05, 4.69) is 5.32 Å². The summed E-state index contributed by atoms with van der Waals surface area (Å²) in [6.07, 6.45) is 4.04. The van der Waals surface area contributed by atoms with Crippen molar-refractivity contribution in [1.82, 2.24) is 0 Å². The highest BCUT2D eigenvalue weighted by atomic mass is 16.6. The van der Waals surface area contributed by atoms with Gasteiger partial charge in [-0.1, -0.05) is 13.0 Å². The Morgan fingerprint density at radius 3 is 2.50 bits per heavy atom. The lowest BCUT2D eigenvalue weighted by atomic mass is 10.1. The predicted octanol–water partition coefficient (Wildman–Crippen LogP) is 3.64. The van der Waals surface area contributed by atoms with Gasteiger partial charge in [-0.2, -0.15) is 0 Å². The molecule has 0 fully saturated rings. The van der Waals surface area contributed by atoms with E-state index in [1.807, 2.05) is 6.92 Å². The first-order valence-electron chi connectivity index (χ1n) is 9.73. The van der Waals surface area contributed by atoms with Gasteiger partial charge in [0, 0.05) is 23.7 Å². The highest BCUT2D eigenvalue weighted by Crippen LogP contribution is 2.31. The van der Waals surface area contributed by atoms with Gasteiger partial charge in [-0.15, -0.1) is 0 Å². The van der Waals surface area contributed by atoms with Gasteiger partial charge < -0.3 is 19.5 Å². The van der Waals surface area contributed by atoms with Gasteiger partial charge >= 0.3 is 5.97 Å². The zero-order valence-electron chi connectivity index (χ0n) is 16.7. The summed E-state index contributed by atoms with van der Waals surface area (Å²) in [7, 11) is 0. The van der Waals surface area contributed by atoms with Gasteiger partial charge in [0.05, 0.1) is 0 Å². The van der Waals surface area contributed by atoms with Crippen LogP contribution < -0.4 is 14.8 Å². The predicted molar refractivity (Wildman–Crippen MR) is 112 cm³/mol. The summed E-state index contributed by atoms with van der Waals surface area (Å²) in [5.74, 6) is 0.267. The quantitative estimate of drug-likeness (QED) is 0.407. The monoisotopic (exact) mass is 409 g/mol. The number of amides is 1. The normalized spacial score (nSPS) is 12.4. The summed E-state index contributed by atoms with van der Waals surface area (Å²) in [6, 6.07) is 11.8. The first-order chi connectivity index (χ1) is 14.5. The maximum Gasteiger partial charge on any atom is 0.331 e. The molecule has 1 aliphatic heterocycles. The lowest BCUT2D eigenvalue weighted by Gasteiger charge is -2.18. The van der Waals surface area contributed by atoms with Gasteiger partial charge in [0.2, 0.25) is 5.91 Å². The van der Waals surface area contributed by atoms with Crippen molar-refractivity contribution in [3.63, 3.8) is 0 Å².